The van der Waals surface area contributed by atoms with Crippen molar-refractivity contribution in [3.05, 3.63) is 47.3 Å². The fourth-order valence-corrected chi connectivity index (χ4v) is 5.22. The van der Waals surface area contributed by atoms with Crippen LogP contribution in [-0.2, 0) is 36.8 Å². The number of Topliss-reactive ketones (excluding diaryl/α,β-unsaturated/α-hetero) is 1. The van der Waals surface area contributed by atoms with E-state index in [1.807, 2.05) is 12.1 Å². The zero-order valence-corrected chi connectivity index (χ0v) is 24.2. The molecule has 0 bridgehead atoms. The van der Waals surface area contributed by atoms with Gasteiger partial charge in [-0.1, -0.05) is 43.0 Å². The van der Waals surface area contributed by atoms with Gasteiger partial charge in [0.25, 0.3) is 0 Å². The number of hydrogen-bond donors (Lipinski definition) is 3. The molecule has 2 aliphatic rings. The minimum absolute atomic E-state index is 0.0694. The summed E-state index contributed by atoms with van der Waals surface area (Å²) >= 11 is 0. The van der Waals surface area contributed by atoms with E-state index >= 15 is 0 Å². The van der Waals surface area contributed by atoms with Crippen molar-refractivity contribution in [3.63, 3.8) is 0 Å². The molecule has 2 aromatic rings. The molecular weight excluding hydrogens is 528 g/mol. The van der Waals surface area contributed by atoms with Crippen molar-refractivity contribution in [3.8, 4) is 5.75 Å². The summed E-state index contributed by atoms with van der Waals surface area (Å²) in [5.41, 5.74) is 0.560. The number of methoxy groups -OCH3 is 1. The molecule has 1 saturated heterocycles. The predicted octanol–water partition coefficient (Wildman–Crippen LogP) is 2.19. The monoisotopic (exact) mass is 568 g/mol. The number of benzene rings is 1. The zero-order valence-electron chi connectivity index (χ0n) is 24.2. The Morgan fingerprint density at radius 2 is 1.71 bits per heavy atom. The van der Waals surface area contributed by atoms with Gasteiger partial charge in [0.1, 0.15) is 29.2 Å². The van der Waals surface area contributed by atoms with Crippen LogP contribution in [0.1, 0.15) is 63.0 Å². The summed E-state index contributed by atoms with van der Waals surface area (Å²) in [6.07, 6.45) is 4.92. The number of rotatable bonds is 14. The van der Waals surface area contributed by atoms with Crippen LogP contribution in [0, 0.1) is 12.8 Å². The maximum Gasteiger partial charge on any atom is 0.243 e. The van der Waals surface area contributed by atoms with Gasteiger partial charge in [0, 0.05) is 12.5 Å². The SMILES string of the molecule is COc1ccc(C[C@H](NC(=O)[C@H](C)NC(=O)Cc2cc(C)no2)C(=O)N[C@@H](CC2CCCC2)C(=O)[C@@]2(C)CO2)cc1. The molecule has 4 rings (SSSR count). The molecule has 1 saturated carbocycles. The van der Waals surface area contributed by atoms with Gasteiger partial charge in [-0.15, -0.1) is 0 Å². The fraction of sp³-hybridized carbons (Fsp3) is 0.567. The highest BCUT2D eigenvalue weighted by atomic mass is 16.6. The van der Waals surface area contributed by atoms with Gasteiger partial charge in [-0.25, -0.2) is 0 Å². The van der Waals surface area contributed by atoms with Crippen molar-refractivity contribution in [1.82, 2.24) is 21.1 Å². The number of ether oxygens (including phenoxy) is 2. The predicted molar refractivity (Wildman–Crippen MR) is 149 cm³/mol. The van der Waals surface area contributed by atoms with E-state index in [0.717, 1.165) is 31.2 Å². The fourth-order valence-electron chi connectivity index (χ4n) is 5.22. The second kappa shape index (κ2) is 13.3. The highest BCUT2D eigenvalue weighted by Crippen LogP contribution is 2.33. The van der Waals surface area contributed by atoms with Crippen molar-refractivity contribution >= 4 is 23.5 Å². The molecule has 2 fully saturated rings. The van der Waals surface area contributed by atoms with Gasteiger partial charge in [0.05, 0.1) is 31.9 Å². The first-order valence-electron chi connectivity index (χ1n) is 14.2. The number of epoxide rings is 1. The van der Waals surface area contributed by atoms with Crippen LogP contribution >= 0.6 is 0 Å². The summed E-state index contributed by atoms with van der Waals surface area (Å²) in [7, 11) is 1.57. The van der Waals surface area contributed by atoms with Gasteiger partial charge in [0.2, 0.25) is 17.7 Å². The number of carbonyl (C=O) groups is 4. The maximum absolute atomic E-state index is 13.7. The summed E-state index contributed by atoms with van der Waals surface area (Å²) in [6.45, 7) is 5.36. The quantitative estimate of drug-likeness (QED) is 0.293. The summed E-state index contributed by atoms with van der Waals surface area (Å²) in [5.74, 6) is -0.157. The Bertz CT molecular complexity index is 1230. The lowest BCUT2D eigenvalue weighted by molar-refractivity contribution is -0.134. The molecule has 0 spiro atoms. The highest BCUT2D eigenvalue weighted by molar-refractivity contribution is 5.98. The van der Waals surface area contributed by atoms with E-state index in [2.05, 4.69) is 21.1 Å². The van der Waals surface area contributed by atoms with Crippen molar-refractivity contribution < 1.29 is 33.2 Å². The third-order valence-electron chi connectivity index (χ3n) is 7.79. The molecule has 0 unspecified atom stereocenters. The largest absolute Gasteiger partial charge is 0.497 e. The molecule has 1 aromatic heterocycles. The lowest BCUT2D eigenvalue weighted by Crippen LogP contribution is -2.57. The molecule has 1 aliphatic heterocycles. The van der Waals surface area contributed by atoms with Crippen LogP contribution in [0.3, 0.4) is 0 Å². The topological polar surface area (TPSA) is 152 Å². The maximum atomic E-state index is 13.7. The summed E-state index contributed by atoms with van der Waals surface area (Å²) in [6, 6.07) is 6.21. The lowest BCUT2D eigenvalue weighted by Gasteiger charge is -2.26. The highest BCUT2D eigenvalue weighted by Gasteiger charge is 2.50. The number of aryl methyl sites for hydroxylation is 1. The van der Waals surface area contributed by atoms with Gasteiger partial charge >= 0.3 is 0 Å². The Morgan fingerprint density at radius 3 is 2.29 bits per heavy atom. The number of carbonyl (C=O) groups excluding carboxylic acids is 4. The zero-order chi connectivity index (χ0) is 29.6. The molecule has 1 aromatic carbocycles. The lowest BCUT2D eigenvalue weighted by atomic mass is 9.90. The smallest absolute Gasteiger partial charge is 0.243 e. The Kier molecular flexibility index (Phi) is 9.80. The molecular formula is C30H40N4O7. The third-order valence-corrected chi connectivity index (χ3v) is 7.79. The van der Waals surface area contributed by atoms with Crippen molar-refractivity contribution in [1.29, 1.82) is 0 Å². The molecule has 0 radical (unpaired) electrons. The number of aromatic nitrogens is 1. The molecule has 1 aliphatic carbocycles. The molecule has 11 heteroatoms. The number of nitrogens with zero attached hydrogens (tertiary/aromatic N) is 1. The molecule has 3 amide bonds. The number of ketones is 1. The molecule has 41 heavy (non-hydrogen) atoms. The molecule has 11 nitrogen and oxygen atoms in total. The summed E-state index contributed by atoms with van der Waals surface area (Å²) < 4.78 is 15.7. The number of hydrogen-bond acceptors (Lipinski definition) is 8. The number of amides is 3. The van der Waals surface area contributed by atoms with E-state index in [0.29, 0.717) is 36.1 Å². The minimum atomic E-state index is -0.987. The van der Waals surface area contributed by atoms with Gasteiger partial charge in [-0.3, -0.25) is 19.2 Å². The second-order valence-electron chi connectivity index (χ2n) is 11.3. The Labute approximate surface area is 240 Å². The van der Waals surface area contributed by atoms with E-state index in [9.17, 15) is 19.2 Å². The van der Waals surface area contributed by atoms with Crippen LogP contribution in [0.25, 0.3) is 0 Å². The van der Waals surface area contributed by atoms with Gasteiger partial charge in [-0.05, 0) is 50.8 Å². The van der Waals surface area contributed by atoms with E-state index in [-0.39, 0.29) is 18.6 Å². The second-order valence-corrected chi connectivity index (χ2v) is 11.3. The van der Waals surface area contributed by atoms with Crippen LogP contribution in [0.5, 0.6) is 5.75 Å². The first-order chi connectivity index (χ1) is 19.6. The average Bonchev–Trinajstić information content (AvgIpc) is 3.28. The van der Waals surface area contributed by atoms with E-state index in [1.165, 1.54) is 0 Å². The van der Waals surface area contributed by atoms with Gasteiger partial charge in [-0.2, -0.15) is 0 Å². The van der Waals surface area contributed by atoms with Crippen LogP contribution in [-0.4, -0.2) is 66.1 Å². The van der Waals surface area contributed by atoms with Crippen LogP contribution < -0.4 is 20.7 Å². The Hall–Kier alpha value is -3.73. The molecule has 3 N–H and O–H groups in total. The van der Waals surface area contributed by atoms with Gasteiger partial charge in [0.15, 0.2) is 5.78 Å². The van der Waals surface area contributed by atoms with E-state index in [4.69, 9.17) is 14.0 Å². The Morgan fingerprint density at radius 1 is 1.05 bits per heavy atom. The van der Waals surface area contributed by atoms with Gasteiger partial charge < -0.3 is 29.9 Å². The first kappa shape index (κ1) is 30.2. The number of nitrogens with one attached hydrogen (secondary N) is 3. The standard InChI is InChI=1S/C30H40N4O7/c1-18-13-23(41-34-18)16-26(35)31-19(2)28(37)33-25(15-21-9-11-22(39-4)12-10-21)29(38)32-24(14-20-7-5-6-8-20)27(36)30(3)17-40-30/h9-13,19-20,24-25H,5-8,14-17H2,1-4H3,(H,31,35)(H,32,38)(H,33,37)/t19-,24-,25-,30+/m0/s1. The third kappa shape index (κ3) is 8.39. The van der Waals surface area contributed by atoms with Crippen molar-refractivity contribution in [2.45, 2.75) is 89.4 Å². The van der Waals surface area contributed by atoms with E-state index in [1.54, 1.807) is 46.1 Å². The molecule has 4 atom stereocenters. The normalized spacial score (nSPS) is 20.5. The minimum Gasteiger partial charge on any atom is -0.497 e. The van der Waals surface area contributed by atoms with Crippen LogP contribution in [0.15, 0.2) is 34.9 Å². The summed E-state index contributed by atoms with van der Waals surface area (Å²) in [4.78, 5) is 52.6. The van der Waals surface area contributed by atoms with Crippen LogP contribution in [0.2, 0.25) is 0 Å². The molecule has 222 valence electrons. The van der Waals surface area contributed by atoms with Crippen molar-refractivity contribution in [2.75, 3.05) is 13.7 Å². The Balaban J connectivity index is 1.45. The average molecular weight is 569 g/mol. The molecule has 2 heterocycles. The summed E-state index contributed by atoms with van der Waals surface area (Å²) in [5, 5.41) is 12.1. The van der Waals surface area contributed by atoms with Crippen LogP contribution in [0.4, 0.5) is 0 Å². The van der Waals surface area contributed by atoms with E-state index < -0.39 is 41.4 Å². The first-order valence-corrected chi connectivity index (χ1v) is 14.2. The van der Waals surface area contributed by atoms with Crippen molar-refractivity contribution in [2.24, 2.45) is 5.92 Å².